The van der Waals surface area contributed by atoms with E-state index in [-0.39, 0.29) is 0 Å². The highest BCUT2D eigenvalue weighted by Gasteiger charge is 2.16. The van der Waals surface area contributed by atoms with Crippen LogP contribution < -0.4 is 0 Å². The summed E-state index contributed by atoms with van der Waals surface area (Å²) in [5.41, 5.74) is 4.38. The first-order valence-electron chi connectivity index (χ1n) is 5.39. The fourth-order valence-electron chi connectivity index (χ4n) is 1.94. The zero-order valence-corrected chi connectivity index (χ0v) is 11.2. The van der Waals surface area contributed by atoms with Crippen molar-refractivity contribution in [2.45, 2.75) is 6.61 Å². The fraction of sp³-hybridized carbons (Fsp3) is 0.0714. The molecule has 0 fully saturated rings. The Labute approximate surface area is 113 Å². The van der Waals surface area contributed by atoms with Gasteiger partial charge in [-0.1, -0.05) is 41.6 Å². The Balaban J connectivity index is 2.13. The van der Waals surface area contributed by atoms with Gasteiger partial charge in [0.2, 0.25) is 0 Å². The minimum atomic E-state index is 0.559. The van der Waals surface area contributed by atoms with E-state index in [9.17, 15) is 0 Å². The average molecular weight is 335 g/mol. The van der Waals surface area contributed by atoms with Gasteiger partial charge in [-0.3, -0.25) is 0 Å². The summed E-state index contributed by atoms with van der Waals surface area (Å²) < 4.78 is 1.20. The molecule has 2 aromatic carbocycles. The Morgan fingerprint density at radius 3 is 2.82 bits per heavy atom. The number of hydrogen-bond acceptors (Lipinski definition) is 2. The monoisotopic (exact) mass is 335 g/mol. The Morgan fingerprint density at radius 2 is 1.94 bits per heavy atom. The van der Waals surface area contributed by atoms with Crippen LogP contribution in [0.1, 0.15) is 16.7 Å². The lowest BCUT2D eigenvalue weighted by Gasteiger charge is -2.16. The number of rotatable bonds is 1. The van der Waals surface area contributed by atoms with Crippen molar-refractivity contribution in [2.75, 3.05) is 0 Å². The molecule has 2 nitrogen and oxygen atoms in total. The molecule has 1 aliphatic heterocycles. The largest absolute Gasteiger partial charge is 0.390 e. The van der Waals surface area contributed by atoms with E-state index in [4.69, 9.17) is 4.84 Å². The third-order valence-electron chi connectivity index (χ3n) is 2.75. The Kier molecular flexibility index (Phi) is 2.84. The molecule has 0 aliphatic carbocycles. The maximum Gasteiger partial charge on any atom is 0.143 e. The molecule has 0 saturated carbocycles. The van der Waals surface area contributed by atoms with Crippen LogP contribution in [0, 0.1) is 3.57 Å². The van der Waals surface area contributed by atoms with E-state index in [0.29, 0.717) is 6.61 Å². The topological polar surface area (TPSA) is 21.6 Å². The highest BCUT2D eigenvalue weighted by molar-refractivity contribution is 14.1. The van der Waals surface area contributed by atoms with Gasteiger partial charge in [0.25, 0.3) is 0 Å². The van der Waals surface area contributed by atoms with E-state index in [1.807, 2.05) is 18.2 Å². The highest BCUT2D eigenvalue weighted by Crippen LogP contribution is 2.21. The van der Waals surface area contributed by atoms with Gasteiger partial charge in [0, 0.05) is 20.3 Å². The second kappa shape index (κ2) is 4.49. The molecule has 1 aliphatic rings. The van der Waals surface area contributed by atoms with Gasteiger partial charge in [-0.2, -0.15) is 0 Å². The quantitative estimate of drug-likeness (QED) is 0.730. The number of benzene rings is 2. The molecular formula is C14H10INO. The van der Waals surface area contributed by atoms with E-state index in [1.54, 1.807) is 0 Å². The molecule has 17 heavy (non-hydrogen) atoms. The molecule has 84 valence electrons. The number of oxime groups is 1. The molecule has 2 aromatic rings. The average Bonchev–Trinajstić information content (AvgIpc) is 2.38. The number of fused-ring (bicyclic) bond motifs is 1. The van der Waals surface area contributed by atoms with E-state index >= 15 is 0 Å². The smallest absolute Gasteiger partial charge is 0.143 e. The van der Waals surface area contributed by atoms with Gasteiger partial charge in [0.05, 0.1) is 0 Å². The summed E-state index contributed by atoms with van der Waals surface area (Å²) >= 11 is 2.31. The van der Waals surface area contributed by atoms with Crippen LogP contribution >= 0.6 is 22.6 Å². The Morgan fingerprint density at radius 1 is 1.06 bits per heavy atom. The maximum absolute atomic E-state index is 5.29. The predicted molar refractivity (Wildman–Crippen MR) is 76.0 cm³/mol. The van der Waals surface area contributed by atoms with E-state index in [2.05, 4.69) is 58.1 Å². The van der Waals surface area contributed by atoms with Crippen LogP contribution in [0.3, 0.4) is 0 Å². The molecule has 0 aromatic heterocycles. The molecule has 0 amide bonds. The molecule has 0 atom stereocenters. The zero-order chi connectivity index (χ0) is 11.7. The lowest BCUT2D eigenvalue weighted by molar-refractivity contribution is 0.126. The molecule has 3 rings (SSSR count). The second-order valence-electron chi connectivity index (χ2n) is 3.88. The molecule has 0 spiro atoms. The fourth-order valence-corrected chi connectivity index (χ4v) is 2.48. The van der Waals surface area contributed by atoms with Crippen LogP contribution in [0.2, 0.25) is 0 Å². The molecule has 1 heterocycles. The van der Waals surface area contributed by atoms with Crippen molar-refractivity contribution >= 4 is 28.3 Å². The second-order valence-corrected chi connectivity index (χ2v) is 5.13. The van der Waals surface area contributed by atoms with E-state index in [1.165, 1.54) is 14.7 Å². The summed E-state index contributed by atoms with van der Waals surface area (Å²) in [5, 5.41) is 4.20. The third-order valence-corrected chi connectivity index (χ3v) is 3.42. The van der Waals surface area contributed by atoms with Gasteiger partial charge in [-0.25, -0.2) is 0 Å². The molecule has 0 unspecified atom stereocenters. The van der Waals surface area contributed by atoms with Crippen molar-refractivity contribution in [3.05, 3.63) is 68.8 Å². The zero-order valence-electron chi connectivity index (χ0n) is 9.06. The molecule has 3 heteroatoms. The summed E-state index contributed by atoms with van der Waals surface area (Å²) in [7, 11) is 0. The van der Waals surface area contributed by atoms with Crippen LogP contribution in [0.5, 0.6) is 0 Å². The first kappa shape index (κ1) is 10.8. The van der Waals surface area contributed by atoms with Crippen molar-refractivity contribution in [3.8, 4) is 0 Å². The van der Waals surface area contributed by atoms with Crippen LogP contribution in [0.15, 0.2) is 53.7 Å². The summed E-state index contributed by atoms with van der Waals surface area (Å²) in [4.78, 5) is 5.29. The molecule has 0 bridgehead atoms. The van der Waals surface area contributed by atoms with Crippen molar-refractivity contribution in [1.29, 1.82) is 0 Å². The van der Waals surface area contributed by atoms with E-state index < -0.39 is 0 Å². The van der Waals surface area contributed by atoms with E-state index in [0.717, 1.165) is 11.3 Å². The van der Waals surface area contributed by atoms with Gasteiger partial charge in [0.15, 0.2) is 0 Å². The molecule has 0 saturated heterocycles. The van der Waals surface area contributed by atoms with Gasteiger partial charge in [0.1, 0.15) is 12.3 Å². The van der Waals surface area contributed by atoms with Crippen LogP contribution in [0.4, 0.5) is 0 Å². The summed E-state index contributed by atoms with van der Waals surface area (Å²) in [6, 6.07) is 16.5. The molecule has 0 N–H and O–H groups in total. The van der Waals surface area contributed by atoms with Crippen LogP contribution in [-0.4, -0.2) is 5.71 Å². The standard InChI is InChI=1S/C14H10INO/c15-12-6-3-5-10(8-12)14-13-7-2-1-4-11(13)9-17-16-14/h1-8H,9H2. The van der Waals surface area contributed by atoms with Crippen LogP contribution in [0.25, 0.3) is 0 Å². The molecule has 0 radical (unpaired) electrons. The van der Waals surface area contributed by atoms with Crippen molar-refractivity contribution < 1.29 is 4.84 Å². The van der Waals surface area contributed by atoms with Gasteiger partial charge in [-0.05, 0) is 34.7 Å². The third kappa shape index (κ3) is 2.07. The van der Waals surface area contributed by atoms with Crippen LogP contribution in [-0.2, 0) is 11.4 Å². The first-order valence-corrected chi connectivity index (χ1v) is 6.46. The van der Waals surface area contributed by atoms with Crippen molar-refractivity contribution in [3.63, 3.8) is 0 Å². The number of hydrogen-bond donors (Lipinski definition) is 0. The van der Waals surface area contributed by atoms with Gasteiger partial charge in [-0.15, -0.1) is 0 Å². The maximum atomic E-state index is 5.29. The normalized spacial score (nSPS) is 13.6. The lowest BCUT2D eigenvalue weighted by atomic mass is 9.97. The minimum absolute atomic E-state index is 0.559. The first-order chi connectivity index (χ1) is 8.34. The summed E-state index contributed by atoms with van der Waals surface area (Å²) in [6.45, 7) is 0.559. The number of halogens is 1. The van der Waals surface area contributed by atoms with Gasteiger partial charge < -0.3 is 4.84 Å². The Hall–Kier alpha value is -1.36. The minimum Gasteiger partial charge on any atom is -0.390 e. The van der Waals surface area contributed by atoms with Crippen molar-refractivity contribution in [1.82, 2.24) is 0 Å². The summed E-state index contributed by atoms with van der Waals surface area (Å²) in [5.74, 6) is 0. The summed E-state index contributed by atoms with van der Waals surface area (Å²) in [6.07, 6.45) is 0. The van der Waals surface area contributed by atoms with Gasteiger partial charge >= 0.3 is 0 Å². The Bertz CT molecular complexity index is 592. The highest BCUT2D eigenvalue weighted by atomic mass is 127. The molecular weight excluding hydrogens is 325 g/mol. The number of nitrogens with zero attached hydrogens (tertiary/aromatic N) is 1. The van der Waals surface area contributed by atoms with Crippen molar-refractivity contribution in [2.24, 2.45) is 5.16 Å². The predicted octanol–water partition coefficient (Wildman–Crippen LogP) is 3.57. The lowest BCUT2D eigenvalue weighted by Crippen LogP contribution is -2.12. The SMILES string of the molecule is Ic1cccc(C2=NOCc3ccccc32)c1.